The smallest absolute Gasteiger partial charge is 0.129 e. The van der Waals surface area contributed by atoms with E-state index in [-0.39, 0.29) is 0 Å². The highest BCUT2D eigenvalue weighted by Crippen LogP contribution is 2.23. The zero-order valence-corrected chi connectivity index (χ0v) is 12.5. The Bertz CT molecular complexity index is 539. The number of rotatable bonds is 4. The van der Waals surface area contributed by atoms with Gasteiger partial charge in [-0.25, -0.2) is 4.98 Å². The van der Waals surface area contributed by atoms with Gasteiger partial charge in [0.25, 0.3) is 0 Å². The maximum Gasteiger partial charge on any atom is 0.129 e. The first-order valence-corrected chi connectivity index (χ1v) is 6.81. The van der Waals surface area contributed by atoms with Crippen molar-refractivity contribution >= 4 is 33.2 Å². The van der Waals surface area contributed by atoms with Crippen molar-refractivity contribution < 1.29 is 0 Å². The fourth-order valence-electron chi connectivity index (χ4n) is 1.49. The van der Waals surface area contributed by atoms with Crippen molar-refractivity contribution in [2.45, 2.75) is 26.4 Å². The Morgan fingerprint density at radius 3 is 2.89 bits per heavy atom. The van der Waals surface area contributed by atoms with Crippen molar-refractivity contribution in [3.8, 4) is 0 Å². The van der Waals surface area contributed by atoms with Gasteiger partial charge in [0, 0.05) is 30.5 Å². The first kappa shape index (κ1) is 13.4. The van der Waals surface area contributed by atoms with Gasteiger partial charge in [-0.1, -0.05) is 11.6 Å². The highest BCUT2D eigenvalue weighted by Gasteiger charge is 2.04. The van der Waals surface area contributed by atoms with Crippen LogP contribution in [0.25, 0.3) is 0 Å². The molecule has 0 spiro atoms. The van der Waals surface area contributed by atoms with Crippen LogP contribution in [0.5, 0.6) is 0 Å². The van der Waals surface area contributed by atoms with Gasteiger partial charge in [-0.2, -0.15) is 5.10 Å². The third kappa shape index (κ3) is 3.23. The summed E-state index contributed by atoms with van der Waals surface area (Å²) in [5, 5.41) is 8.18. The molecule has 0 atom stereocenters. The van der Waals surface area contributed by atoms with Gasteiger partial charge in [0.2, 0.25) is 0 Å². The fourth-order valence-corrected chi connectivity index (χ4v) is 2.01. The first-order valence-electron chi connectivity index (χ1n) is 5.64. The van der Waals surface area contributed by atoms with E-state index < -0.39 is 0 Å². The number of hydrogen-bond donors (Lipinski definition) is 1. The molecule has 0 fully saturated rings. The summed E-state index contributed by atoms with van der Waals surface area (Å²) >= 11 is 9.28. The molecule has 6 heteroatoms. The number of nitrogens with one attached hydrogen (secondary N) is 1. The predicted molar refractivity (Wildman–Crippen MR) is 76.9 cm³/mol. The molecule has 2 aromatic rings. The van der Waals surface area contributed by atoms with Gasteiger partial charge in [-0.05, 0) is 35.8 Å². The SMILES string of the molecule is CC(C)n1cc(CNc2cc(Cl)cnc2Br)cn1. The topological polar surface area (TPSA) is 42.7 Å². The molecular weight excluding hydrogens is 316 g/mol. The summed E-state index contributed by atoms with van der Waals surface area (Å²) in [4.78, 5) is 4.13. The van der Waals surface area contributed by atoms with E-state index in [0.717, 1.165) is 15.9 Å². The van der Waals surface area contributed by atoms with Gasteiger partial charge in [-0.15, -0.1) is 0 Å². The molecule has 0 bridgehead atoms. The minimum absolute atomic E-state index is 0.373. The normalized spacial score (nSPS) is 10.9. The molecule has 2 heterocycles. The van der Waals surface area contributed by atoms with Gasteiger partial charge in [0.05, 0.1) is 16.9 Å². The quantitative estimate of drug-likeness (QED) is 0.865. The molecule has 96 valence electrons. The molecule has 0 radical (unpaired) electrons. The van der Waals surface area contributed by atoms with Crippen molar-refractivity contribution in [3.63, 3.8) is 0 Å². The lowest BCUT2D eigenvalue weighted by Crippen LogP contribution is -2.02. The molecule has 0 aliphatic carbocycles. The molecule has 0 unspecified atom stereocenters. The van der Waals surface area contributed by atoms with E-state index in [2.05, 4.69) is 45.2 Å². The maximum atomic E-state index is 5.90. The molecule has 2 rings (SSSR count). The monoisotopic (exact) mass is 328 g/mol. The van der Waals surface area contributed by atoms with Crippen LogP contribution >= 0.6 is 27.5 Å². The van der Waals surface area contributed by atoms with Crippen molar-refractivity contribution in [2.75, 3.05) is 5.32 Å². The van der Waals surface area contributed by atoms with E-state index in [1.807, 2.05) is 23.1 Å². The van der Waals surface area contributed by atoms with E-state index in [1.165, 1.54) is 0 Å². The second-order valence-corrected chi connectivity index (χ2v) is 5.46. The Kier molecular flexibility index (Phi) is 4.24. The van der Waals surface area contributed by atoms with E-state index in [1.54, 1.807) is 6.20 Å². The lowest BCUT2D eigenvalue weighted by atomic mass is 10.3. The van der Waals surface area contributed by atoms with E-state index in [4.69, 9.17) is 11.6 Å². The summed E-state index contributed by atoms with van der Waals surface area (Å²) in [6, 6.07) is 2.21. The van der Waals surface area contributed by atoms with Crippen molar-refractivity contribution in [1.82, 2.24) is 14.8 Å². The number of hydrogen-bond acceptors (Lipinski definition) is 3. The lowest BCUT2D eigenvalue weighted by Gasteiger charge is -2.07. The van der Waals surface area contributed by atoms with Crippen LogP contribution in [0, 0.1) is 0 Å². The molecule has 1 N–H and O–H groups in total. The Balaban J connectivity index is 2.04. The van der Waals surface area contributed by atoms with Crippen molar-refractivity contribution in [1.29, 1.82) is 0 Å². The molecule has 0 saturated heterocycles. The van der Waals surface area contributed by atoms with Gasteiger partial charge in [0.1, 0.15) is 4.60 Å². The largest absolute Gasteiger partial charge is 0.379 e. The van der Waals surface area contributed by atoms with Crippen LogP contribution in [0.3, 0.4) is 0 Å². The Morgan fingerprint density at radius 2 is 2.22 bits per heavy atom. The number of halogens is 2. The van der Waals surface area contributed by atoms with Gasteiger partial charge < -0.3 is 5.32 Å². The minimum atomic E-state index is 0.373. The Hall–Kier alpha value is -1.07. The van der Waals surface area contributed by atoms with Crippen LogP contribution in [0.2, 0.25) is 5.02 Å². The van der Waals surface area contributed by atoms with E-state index >= 15 is 0 Å². The highest BCUT2D eigenvalue weighted by atomic mass is 79.9. The fraction of sp³-hybridized carbons (Fsp3) is 0.333. The van der Waals surface area contributed by atoms with Gasteiger partial charge in [0.15, 0.2) is 0 Å². The number of pyridine rings is 1. The standard InChI is InChI=1S/C12H14BrClN4/c1-8(2)18-7-9(5-17-18)4-15-11-3-10(14)6-16-12(11)13/h3,5-8,15H,4H2,1-2H3. The van der Waals surface area contributed by atoms with Crippen LogP contribution < -0.4 is 5.32 Å². The second kappa shape index (κ2) is 5.71. The van der Waals surface area contributed by atoms with Crippen LogP contribution in [0.4, 0.5) is 5.69 Å². The molecular formula is C12H14BrClN4. The zero-order valence-electron chi connectivity index (χ0n) is 10.2. The molecule has 0 amide bonds. The van der Waals surface area contributed by atoms with Gasteiger partial charge in [-0.3, -0.25) is 4.68 Å². The molecule has 0 aliphatic heterocycles. The average Bonchev–Trinajstić information content (AvgIpc) is 2.79. The number of anilines is 1. The summed E-state index contributed by atoms with van der Waals surface area (Å²) in [7, 11) is 0. The number of aromatic nitrogens is 3. The van der Waals surface area contributed by atoms with Gasteiger partial charge >= 0.3 is 0 Å². The van der Waals surface area contributed by atoms with E-state index in [0.29, 0.717) is 17.6 Å². The highest BCUT2D eigenvalue weighted by molar-refractivity contribution is 9.10. The second-order valence-electron chi connectivity index (χ2n) is 4.27. The first-order chi connectivity index (χ1) is 8.56. The molecule has 18 heavy (non-hydrogen) atoms. The van der Waals surface area contributed by atoms with E-state index in [9.17, 15) is 0 Å². The summed E-state index contributed by atoms with van der Waals surface area (Å²) in [6.07, 6.45) is 5.50. The molecule has 0 aliphatic rings. The summed E-state index contributed by atoms with van der Waals surface area (Å²) < 4.78 is 2.69. The minimum Gasteiger partial charge on any atom is -0.379 e. The molecule has 0 aromatic carbocycles. The molecule has 0 saturated carbocycles. The summed E-state index contributed by atoms with van der Waals surface area (Å²) in [5.74, 6) is 0. The van der Waals surface area contributed by atoms with Crippen LogP contribution in [-0.4, -0.2) is 14.8 Å². The molecule has 2 aromatic heterocycles. The Morgan fingerprint density at radius 1 is 1.44 bits per heavy atom. The third-order valence-corrected chi connectivity index (χ3v) is 3.31. The van der Waals surface area contributed by atoms with Crippen molar-refractivity contribution in [3.05, 3.63) is 39.8 Å². The van der Waals surface area contributed by atoms with Crippen molar-refractivity contribution in [2.24, 2.45) is 0 Å². The number of nitrogens with zero attached hydrogens (tertiary/aromatic N) is 3. The van der Waals surface area contributed by atoms with Crippen LogP contribution in [0.15, 0.2) is 29.3 Å². The third-order valence-electron chi connectivity index (χ3n) is 2.47. The molecule has 4 nitrogen and oxygen atoms in total. The Labute approximate surface area is 119 Å². The predicted octanol–water partition coefficient (Wildman–Crippen LogP) is 3.89. The zero-order chi connectivity index (χ0) is 13.1. The lowest BCUT2D eigenvalue weighted by molar-refractivity contribution is 0.532. The van der Waals surface area contributed by atoms with Crippen LogP contribution in [0.1, 0.15) is 25.5 Å². The summed E-state index contributed by atoms with van der Waals surface area (Å²) in [6.45, 7) is 4.89. The summed E-state index contributed by atoms with van der Waals surface area (Å²) in [5.41, 5.74) is 2.00. The average molecular weight is 330 g/mol. The maximum absolute atomic E-state index is 5.90. The van der Waals surface area contributed by atoms with Crippen LogP contribution in [-0.2, 0) is 6.54 Å².